The molecule has 2 aromatic carbocycles. The number of benzene rings is 2. The number of aromatic nitrogens is 3. The van der Waals surface area contributed by atoms with E-state index in [1.165, 1.54) is 5.56 Å². The monoisotopic (exact) mass is 429 g/mol. The van der Waals surface area contributed by atoms with Gasteiger partial charge in [0.1, 0.15) is 5.75 Å². The predicted molar refractivity (Wildman–Crippen MR) is 118 cm³/mol. The van der Waals surface area contributed by atoms with Crippen LogP contribution in [0.1, 0.15) is 11.6 Å². The molecule has 0 saturated carbocycles. The Morgan fingerprint density at radius 2 is 2.00 bits per heavy atom. The average Bonchev–Trinajstić information content (AvgIpc) is 3.10. The van der Waals surface area contributed by atoms with Crippen molar-refractivity contribution in [2.24, 2.45) is 0 Å². The minimum atomic E-state index is 0.296. The van der Waals surface area contributed by atoms with Gasteiger partial charge in [0.15, 0.2) is 5.82 Å². The summed E-state index contributed by atoms with van der Waals surface area (Å²) in [5.41, 5.74) is 2.10. The minimum Gasteiger partial charge on any atom is -0.496 e. The summed E-state index contributed by atoms with van der Waals surface area (Å²) < 4.78 is 7.88. The number of hydrogen-bond donors (Lipinski definition) is 1. The molecule has 1 aliphatic rings. The third-order valence-corrected chi connectivity index (χ3v) is 5.84. The van der Waals surface area contributed by atoms with Gasteiger partial charge in [0.2, 0.25) is 4.77 Å². The van der Waals surface area contributed by atoms with Crippen molar-refractivity contribution in [3.05, 3.63) is 63.9 Å². The van der Waals surface area contributed by atoms with Gasteiger partial charge < -0.3 is 9.64 Å². The number of rotatable bonds is 5. The van der Waals surface area contributed by atoms with Crippen LogP contribution in [0.4, 0.5) is 0 Å². The van der Waals surface area contributed by atoms with Crippen molar-refractivity contribution in [2.45, 2.75) is 12.7 Å². The number of ether oxygens (including phenoxy) is 1. The molecule has 1 saturated heterocycles. The fraction of sp³-hybridized carbons (Fsp3) is 0.333. The van der Waals surface area contributed by atoms with Crippen LogP contribution in [0.15, 0.2) is 48.5 Å². The van der Waals surface area contributed by atoms with Crippen molar-refractivity contribution in [1.29, 1.82) is 0 Å². The molecule has 1 aromatic heterocycles. The van der Waals surface area contributed by atoms with E-state index in [0.29, 0.717) is 34.1 Å². The highest BCUT2D eigenvalue weighted by atomic mass is 35.5. The highest BCUT2D eigenvalue weighted by Crippen LogP contribution is 2.31. The molecule has 0 bridgehead atoms. The molecule has 2 heterocycles. The molecule has 1 atom stereocenters. The van der Waals surface area contributed by atoms with Crippen LogP contribution in [0, 0.1) is 4.77 Å². The summed E-state index contributed by atoms with van der Waals surface area (Å²) >= 11 is 11.7. The Hall–Kier alpha value is -2.19. The Bertz CT molecular complexity index is 1040. The van der Waals surface area contributed by atoms with Crippen molar-refractivity contribution in [3.8, 4) is 17.1 Å². The Labute approximate surface area is 180 Å². The summed E-state index contributed by atoms with van der Waals surface area (Å²) in [6.45, 7) is 3.58. The lowest BCUT2D eigenvalue weighted by Crippen LogP contribution is -2.47. The number of H-pyrrole nitrogens is 1. The highest BCUT2D eigenvalue weighted by molar-refractivity contribution is 7.71. The number of methoxy groups -OCH3 is 1. The number of piperazine rings is 1. The van der Waals surface area contributed by atoms with Gasteiger partial charge in [-0.25, -0.2) is 4.68 Å². The fourth-order valence-corrected chi connectivity index (χ4v) is 4.10. The van der Waals surface area contributed by atoms with E-state index in [-0.39, 0.29) is 0 Å². The third kappa shape index (κ3) is 4.38. The Balaban J connectivity index is 1.63. The maximum Gasteiger partial charge on any atom is 0.217 e. The molecule has 0 amide bonds. The molecule has 0 aliphatic carbocycles. The lowest BCUT2D eigenvalue weighted by molar-refractivity contribution is 0.0584. The smallest absolute Gasteiger partial charge is 0.217 e. The van der Waals surface area contributed by atoms with Gasteiger partial charge in [-0.15, -0.1) is 0 Å². The maximum absolute atomic E-state index is 6.18. The van der Waals surface area contributed by atoms with E-state index in [2.05, 4.69) is 57.3 Å². The second-order valence-electron chi connectivity index (χ2n) is 7.27. The fourth-order valence-electron chi connectivity index (χ4n) is 3.74. The van der Waals surface area contributed by atoms with Crippen molar-refractivity contribution in [1.82, 2.24) is 24.6 Å². The van der Waals surface area contributed by atoms with E-state index < -0.39 is 0 Å². The van der Waals surface area contributed by atoms with Gasteiger partial charge in [0.25, 0.3) is 0 Å². The number of nitrogens with one attached hydrogen (secondary N) is 1. The third-order valence-electron chi connectivity index (χ3n) is 5.30. The molecule has 1 unspecified atom stereocenters. The van der Waals surface area contributed by atoms with Crippen LogP contribution in [0.3, 0.4) is 0 Å². The number of hydrogen-bond acceptors (Lipinski definition) is 5. The van der Waals surface area contributed by atoms with Crippen LogP contribution < -0.4 is 4.74 Å². The predicted octanol–water partition coefficient (Wildman–Crippen LogP) is 4.22. The summed E-state index contributed by atoms with van der Waals surface area (Å²) in [6.07, 6.45) is 0. The van der Waals surface area contributed by atoms with Crippen LogP contribution in [0.2, 0.25) is 5.02 Å². The van der Waals surface area contributed by atoms with E-state index in [0.717, 1.165) is 25.2 Å². The zero-order chi connectivity index (χ0) is 20.4. The van der Waals surface area contributed by atoms with Crippen LogP contribution in [0.5, 0.6) is 5.75 Å². The van der Waals surface area contributed by atoms with E-state index in [4.69, 9.17) is 28.6 Å². The Morgan fingerprint density at radius 3 is 2.76 bits per heavy atom. The summed E-state index contributed by atoms with van der Waals surface area (Å²) in [5, 5.41) is 3.96. The van der Waals surface area contributed by atoms with E-state index >= 15 is 0 Å². The largest absolute Gasteiger partial charge is 0.496 e. The molecular weight excluding hydrogens is 406 g/mol. The molecule has 1 aliphatic heterocycles. The molecule has 0 spiro atoms. The molecule has 29 heavy (non-hydrogen) atoms. The minimum absolute atomic E-state index is 0.296. The maximum atomic E-state index is 6.18. The van der Waals surface area contributed by atoms with Gasteiger partial charge in [0, 0.05) is 30.7 Å². The molecule has 1 N–H and O–H groups in total. The number of halogens is 1. The highest BCUT2D eigenvalue weighted by Gasteiger charge is 2.27. The van der Waals surface area contributed by atoms with Crippen molar-refractivity contribution in [3.63, 3.8) is 0 Å². The topological polar surface area (TPSA) is 49.3 Å². The molecule has 0 radical (unpaired) electrons. The SMILES string of the molecule is COc1ccc(Cl)cc1-c1nc(=S)n(CN2CCN(C)CC2c2ccccc2)[nH]1. The lowest BCUT2D eigenvalue weighted by Gasteiger charge is -2.40. The first-order valence-electron chi connectivity index (χ1n) is 9.53. The molecular formula is C21H24ClN5OS. The molecule has 8 heteroatoms. The zero-order valence-corrected chi connectivity index (χ0v) is 18.1. The number of aromatic amines is 1. The van der Waals surface area contributed by atoms with Crippen molar-refractivity contribution < 1.29 is 4.74 Å². The first kappa shape index (κ1) is 20.1. The second kappa shape index (κ2) is 8.67. The first-order valence-corrected chi connectivity index (χ1v) is 10.3. The number of nitrogens with zero attached hydrogens (tertiary/aromatic N) is 4. The standard InChI is InChI=1S/C21H24ClN5OS/c1-25-10-11-26(18(13-25)15-6-4-3-5-7-15)14-27-21(29)23-20(24-27)17-12-16(22)8-9-19(17)28-2/h3-9,12,18H,10-11,13-14H2,1-2H3,(H,23,24,29). The van der Waals surface area contributed by atoms with Crippen molar-refractivity contribution >= 4 is 23.8 Å². The zero-order valence-electron chi connectivity index (χ0n) is 16.5. The van der Waals surface area contributed by atoms with E-state index in [9.17, 15) is 0 Å². The van der Waals surface area contributed by atoms with E-state index in [1.807, 2.05) is 16.8 Å². The normalized spacial score (nSPS) is 18.1. The second-order valence-corrected chi connectivity index (χ2v) is 8.07. The molecule has 6 nitrogen and oxygen atoms in total. The van der Waals surface area contributed by atoms with Crippen LogP contribution in [-0.2, 0) is 6.67 Å². The Morgan fingerprint density at radius 1 is 1.21 bits per heavy atom. The van der Waals surface area contributed by atoms with Gasteiger partial charge >= 0.3 is 0 Å². The van der Waals surface area contributed by atoms with Gasteiger partial charge in [-0.05, 0) is 43.0 Å². The summed E-state index contributed by atoms with van der Waals surface area (Å²) in [4.78, 5) is 9.35. The quantitative estimate of drug-likeness (QED) is 0.615. The molecule has 1 fully saturated rings. The van der Waals surface area contributed by atoms with Gasteiger partial charge in [-0.2, -0.15) is 4.98 Å². The van der Waals surface area contributed by atoms with Gasteiger partial charge in [0.05, 0.1) is 19.3 Å². The van der Waals surface area contributed by atoms with Crippen molar-refractivity contribution in [2.75, 3.05) is 33.8 Å². The van der Waals surface area contributed by atoms with Gasteiger partial charge in [-0.1, -0.05) is 41.9 Å². The summed E-state index contributed by atoms with van der Waals surface area (Å²) in [5.74, 6) is 1.35. The molecule has 4 rings (SSSR count). The van der Waals surface area contributed by atoms with Crippen LogP contribution in [0.25, 0.3) is 11.4 Å². The molecule has 3 aromatic rings. The first-order chi connectivity index (χ1) is 14.0. The summed E-state index contributed by atoms with van der Waals surface area (Å²) in [6, 6.07) is 16.4. The lowest BCUT2D eigenvalue weighted by atomic mass is 10.0. The Kier molecular flexibility index (Phi) is 6.01. The van der Waals surface area contributed by atoms with Crippen LogP contribution in [-0.4, -0.2) is 58.4 Å². The van der Waals surface area contributed by atoms with Crippen LogP contribution >= 0.6 is 23.8 Å². The average molecular weight is 430 g/mol. The number of likely N-dealkylation sites (N-methyl/N-ethyl adjacent to an activating group) is 1. The summed E-state index contributed by atoms with van der Waals surface area (Å²) in [7, 11) is 3.80. The van der Waals surface area contributed by atoms with E-state index in [1.54, 1.807) is 13.2 Å². The van der Waals surface area contributed by atoms with Gasteiger partial charge in [-0.3, -0.25) is 10.00 Å². The molecule has 152 valence electrons.